The molecule has 0 bridgehead atoms. The van der Waals surface area contributed by atoms with Crippen molar-refractivity contribution >= 4 is 11.7 Å². The lowest BCUT2D eigenvalue weighted by molar-refractivity contribution is -0.139. The van der Waals surface area contributed by atoms with E-state index in [0.29, 0.717) is 32.6 Å². The van der Waals surface area contributed by atoms with Gasteiger partial charge in [0.1, 0.15) is 17.3 Å². The number of para-hydroxylation sites is 1. The normalized spacial score (nSPS) is 10.8. The number of carbonyl (C=O) groups excluding carboxylic acids is 1. The Morgan fingerprint density at radius 3 is 2.32 bits per heavy atom. The van der Waals surface area contributed by atoms with Gasteiger partial charge in [0.25, 0.3) is 0 Å². The monoisotopic (exact) mass is 316 g/mol. The van der Waals surface area contributed by atoms with Gasteiger partial charge in [0.05, 0.1) is 0 Å². The topological polar surface area (TPSA) is 59.6 Å². The van der Waals surface area contributed by atoms with Crippen molar-refractivity contribution in [3.63, 3.8) is 0 Å². The Bertz CT molecular complexity index is 446. The summed E-state index contributed by atoms with van der Waals surface area (Å²) in [4.78, 5) is 11.6. The van der Waals surface area contributed by atoms with E-state index < -0.39 is 23.4 Å². The average Bonchev–Trinajstić information content (AvgIpc) is 2.48. The molecule has 0 aliphatic rings. The van der Waals surface area contributed by atoms with Gasteiger partial charge in [-0.25, -0.2) is 13.6 Å². The average molecular weight is 316 g/mol. The van der Waals surface area contributed by atoms with E-state index in [1.165, 1.54) is 6.07 Å². The molecule has 7 heteroatoms. The molecule has 0 spiro atoms. The summed E-state index contributed by atoms with van der Waals surface area (Å²) in [5, 5.41) is 4.69. The zero-order chi connectivity index (χ0) is 16.4. The molecule has 0 unspecified atom stereocenters. The van der Waals surface area contributed by atoms with Crippen LogP contribution in [0, 0.1) is 11.6 Å². The predicted octanol–water partition coefficient (Wildman–Crippen LogP) is 3.27. The molecule has 2 N–H and O–H groups in total. The molecule has 1 rings (SSSR count). The van der Waals surface area contributed by atoms with Crippen LogP contribution in [0.25, 0.3) is 0 Å². The van der Waals surface area contributed by atoms with E-state index in [9.17, 15) is 13.6 Å². The maximum atomic E-state index is 13.4. The number of carbonyl (C=O) groups is 1. The van der Waals surface area contributed by atoms with Crippen molar-refractivity contribution in [3.8, 4) is 0 Å². The first-order valence-electron chi connectivity index (χ1n) is 7.30. The Morgan fingerprint density at radius 1 is 1.18 bits per heavy atom. The molecule has 0 radical (unpaired) electrons. The molecule has 0 saturated heterocycles. The highest BCUT2D eigenvalue weighted by Gasteiger charge is 2.12. The zero-order valence-corrected chi connectivity index (χ0v) is 12.8. The Labute approximate surface area is 129 Å². The number of halogens is 2. The molecule has 0 aliphatic carbocycles. The molecule has 0 aliphatic heterocycles. The summed E-state index contributed by atoms with van der Waals surface area (Å²) in [6.45, 7) is 5.19. The summed E-state index contributed by atoms with van der Waals surface area (Å²) in [7, 11) is 0. The lowest BCUT2D eigenvalue weighted by Gasteiger charge is -2.16. The van der Waals surface area contributed by atoms with Gasteiger partial charge in [-0.1, -0.05) is 6.07 Å². The molecular weight excluding hydrogens is 294 g/mol. The van der Waals surface area contributed by atoms with Gasteiger partial charge in [-0.3, -0.25) is 0 Å². The summed E-state index contributed by atoms with van der Waals surface area (Å²) >= 11 is 0. The van der Waals surface area contributed by atoms with Crippen molar-refractivity contribution in [2.45, 2.75) is 33.0 Å². The summed E-state index contributed by atoms with van der Waals surface area (Å²) in [5.41, 5.74) is -0.457. The van der Waals surface area contributed by atoms with E-state index in [1.807, 2.05) is 13.8 Å². The number of hydrogen-bond donors (Lipinski definition) is 2. The molecule has 22 heavy (non-hydrogen) atoms. The van der Waals surface area contributed by atoms with Crippen LogP contribution in [0.2, 0.25) is 0 Å². The highest BCUT2D eigenvalue weighted by molar-refractivity contribution is 5.89. The van der Waals surface area contributed by atoms with Crippen molar-refractivity contribution in [2.24, 2.45) is 0 Å². The lowest BCUT2D eigenvalue weighted by Crippen LogP contribution is -2.31. The third-order valence-corrected chi connectivity index (χ3v) is 2.81. The van der Waals surface area contributed by atoms with E-state index in [4.69, 9.17) is 9.47 Å². The van der Waals surface area contributed by atoms with Crippen molar-refractivity contribution < 1.29 is 23.0 Å². The van der Waals surface area contributed by atoms with Crippen molar-refractivity contribution in [3.05, 3.63) is 29.8 Å². The largest absolute Gasteiger partial charge is 0.353 e. The first-order chi connectivity index (χ1) is 10.6. The van der Waals surface area contributed by atoms with Gasteiger partial charge < -0.3 is 20.1 Å². The number of amides is 2. The summed E-state index contributed by atoms with van der Waals surface area (Å²) in [6, 6.07) is 2.73. The van der Waals surface area contributed by atoms with Crippen LogP contribution in [0.15, 0.2) is 18.2 Å². The highest BCUT2D eigenvalue weighted by Crippen LogP contribution is 2.17. The maximum absolute atomic E-state index is 13.4. The summed E-state index contributed by atoms with van der Waals surface area (Å²) in [6.07, 6.45) is 0.942. The van der Waals surface area contributed by atoms with Crippen molar-refractivity contribution in [1.29, 1.82) is 0 Å². The van der Waals surface area contributed by atoms with Crippen LogP contribution in [0.1, 0.15) is 26.7 Å². The number of hydrogen-bond acceptors (Lipinski definition) is 3. The second-order valence-corrected chi connectivity index (χ2v) is 4.46. The minimum absolute atomic E-state index is 0.302. The van der Waals surface area contributed by atoms with Gasteiger partial charge >= 0.3 is 6.03 Å². The van der Waals surface area contributed by atoms with E-state index in [0.717, 1.165) is 12.1 Å². The second kappa shape index (κ2) is 10.1. The van der Waals surface area contributed by atoms with Crippen LogP contribution in [-0.4, -0.2) is 32.1 Å². The Hall–Kier alpha value is -1.73. The Morgan fingerprint density at radius 2 is 1.77 bits per heavy atom. The van der Waals surface area contributed by atoms with Gasteiger partial charge in [-0.2, -0.15) is 0 Å². The van der Waals surface area contributed by atoms with Crippen molar-refractivity contribution in [2.75, 3.05) is 25.1 Å². The molecule has 0 fully saturated rings. The number of urea groups is 1. The molecule has 0 saturated carbocycles. The third-order valence-electron chi connectivity index (χ3n) is 2.81. The van der Waals surface area contributed by atoms with E-state index in [2.05, 4.69) is 10.6 Å². The van der Waals surface area contributed by atoms with Crippen LogP contribution >= 0.6 is 0 Å². The van der Waals surface area contributed by atoms with Crippen molar-refractivity contribution in [1.82, 2.24) is 5.32 Å². The molecular formula is C15H22F2N2O3. The molecule has 0 aromatic heterocycles. The quantitative estimate of drug-likeness (QED) is 0.543. The fourth-order valence-corrected chi connectivity index (χ4v) is 1.83. The van der Waals surface area contributed by atoms with Gasteiger partial charge in [-0.05, 0) is 32.4 Å². The Balaban J connectivity index is 2.31. The zero-order valence-electron chi connectivity index (χ0n) is 12.8. The van der Waals surface area contributed by atoms with Crippen LogP contribution in [0.5, 0.6) is 0 Å². The van der Waals surface area contributed by atoms with Crippen LogP contribution in [-0.2, 0) is 9.47 Å². The van der Waals surface area contributed by atoms with Gasteiger partial charge in [0.2, 0.25) is 0 Å². The number of nitrogens with one attached hydrogen (secondary N) is 2. The molecule has 1 aromatic carbocycles. The van der Waals surface area contributed by atoms with Crippen LogP contribution < -0.4 is 10.6 Å². The lowest BCUT2D eigenvalue weighted by atomic mass is 10.3. The van der Waals surface area contributed by atoms with Crippen LogP contribution in [0.3, 0.4) is 0 Å². The third kappa shape index (κ3) is 6.36. The van der Waals surface area contributed by atoms with E-state index in [-0.39, 0.29) is 6.29 Å². The molecule has 5 nitrogen and oxygen atoms in total. The highest BCUT2D eigenvalue weighted by atomic mass is 19.1. The second-order valence-electron chi connectivity index (χ2n) is 4.46. The summed E-state index contributed by atoms with van der Waals surface area (Å²) in [5.74, 6) is -1.63. The SMILES string of the molecule is CCOC(CCCNC(=O)Nc1c(F)cccc1F)OCC. The van der Waals surface area contributed by atoms with Gasteiger partial charge in [0, 0.05) is 26.2 Å². The fraction of sp³-hybridized carbons (Fsp3) is 0.533. The smallest absolute Gasteiger partial charge is 0.319 e. The number of rotatable bonds is 9. The molecule has 1 aromatic rings. The molecule has 0 heterocycles. The van der Waals surface area contributed by atoms with E-state index in [1.54, 1.807) is 0 Å². The minimum Gasteiger partial charge on any atom is -0.353 e. The minimum atomic E-state index is -0.817. The number of benzene rings is 1. The molecule has 124 valence electrons. The summed E-state index contributed by atoms with van der Waals surface area (Å²) < 4.78 is 37.5. The van der Waals surface area contributed by atoms with E-state index >= 15 is 0 Å². The fourth-order valence-electron chi connectivity index (χ4n) is 1.83. The standard InChI is InChI=1S/C15H22F2N2O3/c1-3-21-13(22-4-2)9-6-10-18-15(20)19-14-11(16)7-5-8-12(14)17/h5,7-8,13H,3-4,6,9-10H2,1-2H3,(H2,18,19,20). The van der Waals surface area contributed by atoms with Gasteiger partial charge in [0.15, 0.2) is 6.29 Å². The molecule has 0 atom stereocenters. The van der Waals surface area contributed by atoms with Crippen LogP contribution in [0.4, 0.5) is 19.3 Å². The molecule has 2 amide bonds. The Kier molecular flexibility index (Phi) is 8.39. The first kappa shape index (κ1) is 18.3. The first-order valence-corrected chi connectivity index (χ1v) is 7.30. The number of ether oxygens (including phenoxy) is 2. The maximum Gasteiger partial charge on any atom is 0.319 e. The van der Waals surface area contributed by atoms with Gasteiger partial charge in [-0.15, -0.1) is 0 Å². The number of anilines is 1. The predicted molar refractivity (Wildman–Crippen MR) is 79.7 cm³/mol.